The first-order chi connectivity index (χ1) is 8.55. The number of hydrogen-bond donors (Lipinski definition) is 2. The summed E-state index contributed by atoms with van der Waals surface area (Å²) >= 11 is 0. The van der Waals surface area contributed by atoms with Crippen LogP contribution in [-0.2, 0) is 10.0 Å². The lowest BCUT2D eigenvalue weighted by atomic mass is 10.1. The number of rotatable bonds is 5. The minimum Gasteiger partial charge on any atom is -0.396 e. The molecule has 0 bridgehead atoms. The summed E-state index contributed by atoms with van der Waals surface area (Å²) in [5.74, 6) is 0.597. The predicted molar refractivity (Wildman–Crippen MR) is 66.6 cm³/mol. The van der Waals surface area contributed by atoms with Crippen LogP contribution in [0.15, 0.2) is 11.2 Å². The summed E-state index contributed by atoms with van der Waals surface area (Å²) in [7, 11) is -3.46. The first-order valence-electron chi connectivity index (χ1n) is 6.20. The lowest BCUT2D eigenvalue weighted by molar-refractivity contribution is 0.264. The van der Waals surface area contributed by atoms with Crippen LogP contribution in [0.4, 0.5) is 0 Å². The Kier molecular flexibility index (Phi) is 4.04. The van der Waals surface area contributed by atoms with E-state index in [9.17, 15) is 8.42 Å². The van der Waals surface area contributed by atoms with Crippen LogP contribution >= 0.6 is 0 Å². The number of aryl methyl sites for hydroxylation is 1. The molecule has 2 rings (SSSR count). The van der Waals surface area contributed by atoms with Crippen molar-refractivity contribution in [3.05, 3.63) is 12.0 Å². The van der Waals surface area contributed by atoms with Crippen molar-refractivity contribution in [1.82, 2.24) is 14.3 Å². The molecule has 1 aromatic rings. The quantitative estimate of drug-likeness (QED) is 0.824. The van der Waals surface area contributed by atoms with Crippen molar-refractivity contribution >= 4 is 10.0 Å². The van der Waals surface area contributed by atoms with Crippen LogP contribution in [0.1, 0.15) is 31.5 Å². The van der Waals surface area contributed by atoms with Crippen molar-refractivity contribution < 1.29 is 13.5 Å². The number of imidazole rings is 1. The van der Waals surface area contributed by atoms with Crippen molar-refractivity contribution in [1.29, 1.82) is 0 Å². The van der Waals surface area contributed by atoms with Gasteiger partial charge in [-0.25, -0.2) is 13.4 Å². The van der Waals surface area contributed by atoms with E-state index in [0.29, 0.717) is 25.2 Å². The number of aliphatic hydroxyl groups excluding tert-OH is 1. The first-order valence-corrected chi connectivity index (χ1v) is 7.64. The highest BCUT2D eigenvalue weighted by atomic mass is 32.2. The summed E-state index contributed by atoms with van der Waals surface area (Å²) < 4.78 is 26.4. The topological polar surface area (TPSA) is 86.3 Å². The van der Waals surface area contributed by atoms with Crippen molar-refractivity contribution in [2.45, 2.75) is 43.7 Å². The first kappa shape index (κ1) is 13.5. The molecule has 0 aromatic carbocycles. The van der Waals surface area contributed by atoms with Crippen LogP contribution in [0.2, 0.25) is 0 Å². The van der Waals surface area contributed by atoms with Gasteiger partial charge in [0.25, 0.3) is 10.0 Å². The smallest absolute Gasteiger partial charge is 0.260 e. The van der Waals surface area contributed by atoms with E-state index in [2.05, 4.69) is 9.97 Å². The SMILES string of the molecule is Cc1ncc(S(=O)(=O)N2CCCC2CCCO)[nH]1. The van der Waals surface area contributed by atoms with E-state index in [1.54, 1.807) is 6.92 Å². The second-order valence-electron chi connectivity index (χ2n) is 4.61. The molecule has 1 fully saturated rings. The third kappa shape index (κ3) is 2.57. The Bertz CT molecular complexity index is 497. The summed E-state index contributed by atoms with van der Waals surface area (Å²) in [4.78, 5) is 6.72. The molecule has 0 saturated carbocycles. The van der Waals surface area contributed by atoms with Gasteiger partial charge in [0.05, 0.1) is 6.20 Å². The molecule has 1 atom stereocenters. The van der Waals surface area contributed by atoms with Gasteiger partial charge in [0, 0.05) is 19.2 Å². The van der Waals surface area contributed by atoms with Gasteiger partial charge in [0.2, 0.25) is 0 Å². The zero-order valence-corrected chi connectivity index (χ0v) is 11.3. The molecule has 1 aliphatic rings. The van der Waals surface area contributed by atoms with Gasteiger partial charge in [-0.05, 0) is 32.6 Å². The Morgan fingerprint density at radius 2 is 2.39 bits per heavy atom. The normalized spacial score (nSPS) is 21.6. The fourth-order valence-electron chi connectivity index (χ4n) is 2.40. The molecular weight excluding hydrogens is 254 g/mol. The Hall–Kier alpha value is -0.920. The maximum Gasteiger partial charge on any atom is 0.260 e. The van der Waals surface area contributed by atoms with Gasteiger partial charge in [-0.3, -0.25) is 0 Å². The van der Waals surface area contributed by atoms with Gasteiger partial charge in [0.1, 0.15) is 5.82 Å². The zero-order chi connectivity index (χ0) is 13.2. The highest BCUT2D eigenvalue weighted by Gasteiger charge is 2.35. The molecule has 0 radical (unpaired) electrons. The van der Waals surface area contributed by atoms with Gasteiger partial charge in [0.15, 0.2) is 5.03 Å². The Labute approximate surface area is 107 Å². The van der Waals surface area contributed by atoms with Gasteiger partial charge in [-0.15, -0.1) is 0 Å². The summed E-state index contributed by atoms with van der Waals surface area (Å²) in [5.41, 5.74) is 0. The van der Waals surface area contributed by atoms with Crippen LogP contribution in [-0.4, -0.2) is 47.0 Å². The van der Waals surface area contributed by atoms with E-state index in [4.69, 9.17) is 5.11 Å². The summed E-state index contributed by atoms with van der Waals surface area (Å²) in [6, 6.07) is 0.00533. The molecule has 1 unspecified atom stereocenters. The minimum absolute atomic E-state index is 0.00533. The van der Waals surface area contributed by atoms with Crippen LogP contribution in [0, 0.1) is 6.92 Å². The number of aromatic nitrogens is 2. The van der Waals surface area contributed by atoms with Gasteiger partial charge < -0.3 is 10.1 Å². The second kappa shape index (κ2) is 5.38. The highest BCUT2D eigenvalue weighted by Crippen LogP contribution is 2.27. The van der Waals surface area contributed by atoms with Crippen LogP contribution in [0.3, 0.4) is 0 Å². The Balaban J connectivity index is 2.18. The summed E-state index contributed by atoms with van der Waals surface area (Å²) in [6.07, 6.45) is 4.46. The Morgan fingerprint density at radius 1 is 1.61 bits per heavy atom. The minimum atomic E-state index is -3.46. The fourth-order valence-corrected chi connectivity index (χ4v) is 4.08. The molecule has 6 nitrogen and oxygen atoms in total. The van der Waals surface area contributed by atoms with E-state index in [-0.39, 0.29) is 17.7 Å². The fraction of sp³-hybridized carbons (Fsp3) is 0.727. The van der Waals surface area contributed by atoms with E-state index in [1.165, 1.54) is 10.5 Å². The molecule has 0 amide bonds. The average Bonchev–Trinajstić information content (AvgIpc) is 2.95. The third-order valence-corrected chi connectivity index (χ3v) is 5.15. The molecule has 2 N–H and O–H groups in total. The van der Waals surface area contributed by atoms with E-state index >= 15 is 0 Å². The van der Waals surface area contributed by atoms with Crippen LogP contribution < -0.4 is 0 Å². The lowest BCUT2D eigenvalue weighted by Gasteiger charge is -2.22. The van der Waals surface area contributed by atoms with E-state index in [0.717, 1.165) is 12.8 Å². The highest BCUT2D eigenvalue weighted by molar-refractivity contribution is 7.89. The number of hydrogen-bond acceptors (Lipinski definition) is 4. The number of sulfonamides is 1. The lowest BCUT2D eigenvalue weighted by Crippen LogP contribution is -2.35. The maximum absolute atomic E-state index is 12.4. The standard InChI is InChI=1S/C11H19N3O3S/c1-9-12-8-11(13-9)18(16,17)14-6-2-4-10(14)5-3-7-15/h8,10,15H,2-7H2,1H3,(H,12,13). The maximum atomic E-state index is 12.4. The molecular formula is C11H19N3O3S. The van der Waals surface area contributed by atoms with E-state index in [1.807, 2.05) is 0 Å². The second-order valence-corrected chi connectivity index (χ2v) is 6.47. The summed E-state index contributed by atoms with van der Waals surface area (Å²) in [5, 5.41) is 9.01. The molecule has 0 spiro atoms. The third-order valence-electron chi connectivity index (χ3n) is 3.28. The van der Waals surface area contributed by atoms with Crippen molar-refractivity contribution in [2.24, 2.45) is 0 Å². The van der Waals surface area contributed by atoms with Crippen molar-refractivity contribution in [3.8, 4) is 0 Å². The van der Waals surface area contributed by atoms with Gasteiger partial charge in [-0.2, -0.15) is 4.31 Å². The zero-order valence-electron chi connectivity index (χ0n) is 10.5. The largest absolute Gasteiger partial charge is 0.396 e. The molecule has 1 aliphatic heterocycles. The molecule has 0 aliphatic carbocycles. The van der Waals surface area contributed by atoms with Crippen LogP contribution in [0.5, 0.6) is 0 Å². The number of nitrogens with one attached hydrogen (secondary N) is 1. The molecule has 2 heterocycles. The van der Waals surface area contributed by atoms with E-state index < -0.39 is 10.0 Å². The molecule has 1 saturated heterocycles. The predicted octanol–water partition coefficient (Wildman–Crippen LogP) is 0.644. The molecule has 1 aromatic heterocycles. The summed E-state index contributed by atoms with van der Waals surface area (Å²) in [6.45, 7) is 2.39. The number of nitrogens with zero attached hydrogens (tertiary/aromatic N) is 2. The van der Waals surface area contributed by atoms with Crippen LogP contribution in [0.25, 0.3) is 0 Å². The number of aliphatic hydroxyl groups is 1. The molecule has 7 heteroatoms. The number of aromatic amines is 1. The van der Waals surface area contributed by atoms with Gasteiger partial charge in [-0.1, -0.05) is 0 Å². The Morgan fingerprint density at radius 3 is 3.00 bits per heavy atom. The average molecular weight is 273 g/mol. The van der Waals surface area contributed by atoms with Gasteiger partial charge >= 0.3 is 0 Å². The molecule has 18 heavy (non-hydrogen) atoms. The van der Waals surface area contributed by atoms with Crippen molar-refractivity contribution in [2.75, 3.05) is 13.2 Å². The van der Waals surface area contributed by atoms with Crippen molar-refractivity contribution in [3.63, 3.8) is 0 Å². The number of H-pyrrole nitrogens is 1. The molecule has 102 valence electrons. The monoisotopic (exact) mass is 273 g/mol.